The summed E-state index contributed by atoms with van der Waals surface area (Å²) in [5.74, 6) is 0.370. The number of amides is 1. The minimum absolute atomic E-state index is 0.0369. The van der Waals surface area contributed by atoms with Gasteiger partial charge in [0.15, 0.2) is 0 Å². The van der Waals surface area contributed by atoms with Gasteiger partial charge in [0.2, 0.25) is 9.70 Å². The molecule has 0 radical (unpaired) electrons. The minimum Gasteiger partial charge on any atom is -0.337 e. The van der Waals surface area contributed by atoms with Crippen LogP contribution in [0.25, 0.3) is 0 Å². The topological polar surface area (TPSA) is 54.3 Å². The van der Waals surface area contributed by atoms with Crippen LogP contribution in [0.5, 0.6) is 0 Å². The van der Waals surface area contributed by atoms with Crippen LogP contribution in [0, 0.1) is 5.92 Å². The van der Waals surface area contributed by atoms with E-state index in [1.807, 2.05) is 22.5 Å². The molecule has 3 heterocycles. The zero-order valence-corrected chi connectivity index (χ0v) is 16.3. The molecular weight excluding hydrogens is 385 g/mol. The van der Waals surface area contributed by atoms with E-state index in [1.54, 1.807) is 12.1 Å². The number of carbonyl (C=O) groups is 1. The average Bonchev–Trinajstić information content (AvgIpc) is 2.53. The molecule has 5 nitrogen and oxygen atoms in total. The molecule has 25 heavy (non-hydrogen) atoms. The summed E-state index contributed by atoms with van der Waals surface area (Å²) >= 11 is 18.5. The Balaban J connectivity index is 1.84. The molecule has 1 aromatic heterocycles. The molecule has 2 bridgehead atoms. The fourth-order valence-corrected chi connectivity index (χ4v) is 4.55. The van der Waals surface area contributed by atoms with Crippen LogP contribution in [0.2, 0.25) is 0 Å². The Morgan fingerprint density at radius 3 is 2.76 bits per heavy atom. The van der Waals surface area contributed by atoms with Crippen molar-refractivity contribution in [3.05, 3.63) is 34.2 Å². The second kappa shape index (κ2) is 7.47. The number of likely N-dealkylation sites (tertiary alicyclic amines) is 1. The van der Waals surface area contributed by atoms with Gasteiger partial charge in [-0.2, -0.15) is 0 Å². The van der Waals surface area contributed by atoms with Gasteiger partial charge in [0.1, 0.15) is 6.17 Å². The van der Waals surface area contributed by atoms with Crippen LogP contribution in [0.3, 0.4) is 0 Å². The largest absolute Gasteiger partial charge is 0.337 e. The minimum atomic E-state index is -1.62. The first-order valence-electron chi connectivity index (χ1n) is 8.59. The highest BCUT2D eigenvalue weighted by molar-refractivity contribution is 6.68. The third kappa shape index (κ3) is 4.16. The van der Waals surface area contributed by atoms with E-state index in [9.17, 15) is 9.59 Å². The zero-order chi connectivity index (χ0) is 18.2. The molecule has 1 aromatic rings. The summed E-state index contributed by atoms with van der Waals surface area (Å²) in [6, 6.07) is 5.38. The summed E-state index contributed by atoms with van der Waals surface area (Å²) in [6.07, 6.45) is 1.47. The van der Waals surface area contributed by atoms with Crippen LogP contribution in [-0.2, 0) is 11.3 Å². The fraction of sp³-hybridized carbons (Fsp3) is 0.647. The summed E-state index contributed by atoms with van der Waals surface area (Å²) in [4.78, 5) is 26.2. The van der Waals surface area contributed by atoms with Crippen molar-refractivity contribution >= 4 is 40.7 Å². The Morgan fingerprint density at radius 1 is 1.32 bits per heavy atom. The molecule has 1 amide bonds. The molecule has 3 atom stereocenters. The van der Waals surface area contributed by atoms with Crippen molar-refractivity contribution < 1.29 is 4.79 Å². The first-order valence-corrected chi connectivity index (χ1v) is 9.73. The molecular formula is C17H22Cl3N3O2. The van der Waals surface area contributed by atoms with Gasteiger partial charge in [-0.15, -0.1) is 0 Å². The molecule has 0 aromatic carbocycles. The molecule has 8 heteroatoms. The lowest BCUT2D eigenvalue weighted by Gasteiger charge is -2.47. The smallest absolute Gasteiger partial charge is 0.250 e. The fourth-order valence-electron chi connectivity index (χ4n) is 3.98. The van der Waals surface area contributed by atoms with Crippen LogP contribution >= 0.6 is 34.8 Å². The van der Waals surface area contributed by atoms with Gasteiger partial charge in [-0.25, -0.2) is 0 Å². The number of alkyl halides is 3. The Morgan fingerprint density at radius 2 is 2.08 bits per heavy atom. The summed E-state index contributed by atoms with van der Waals surface area (Å²) < 4.78 is 0.238. The van der Waals surface area contributed by atoms with Crippen molar-refractivity contribution in [2.45, 2.75) is 48.6 Å². The lowest BCUT2D eigenvalue weighted by Crippen LogP contribution is -2.60. The third-order valence-electron chi connectivity index (χ3n) is 4.96. The van der Waals surface area contributed by atoms with Crippen LogP contribution in [-0.4, -0.2) is 38.4 Å². The Labute approximate surface area is 162 Å². The van der Waals surface area contributed by atoms with E-state index in [0.717, 1.165) is 18.5 Å². The van der Waals surface area contributed by atoms with Gasteiger partial charge in [0, 0.05) is 43.7 Å². The van der Waals surface area contributed by atoms with E-state index in [-0.39, 0.29) is 17.4 Å². The van der Waals surface area contributed by atoms with Gasteiger partial charge in [0.25, 0.3) is 5.56 Å². The molecule has 0 saturated carbocycles. The number of piperidine rings is 1. The van der Waals surface area contributed by atoms with Crippen molar-refractivity contribution in [3.8, 4) is 0 Å². The number of halogens is 3. The van der Waals surface area contributed by atoms with Crippen molar-refractivity contribution in [2.24, 2.45) is 5.92 Å². The van der Waals surface area contributed by atoms with Crippen LogP contribution in [0.4, 0.5) is 0 Å². The summed E-state index contributed by atoms with van der Waals surface area (Å²) in [7, 11) is 0. The van der Waals surface area contributed by atoms with Crippen LogP contribution in [0.1, 0.15) is 37.8 Å². The van der Waals surface area contributed by atoms with Gasteiger partial charge in [-0.05, 0) is 24.8 Å². The van der Waals surface area contributed by atoms with Crippen LogP contribution < -0.4 is 10.9 Å². The van der Waals surface area contributed by atoms with Crippen molar-refractivity contribution in [3.63, 3.8) is 0 Å². The highest BCUT2D eigenvalue weighted by Gasteiger charge is 2.44. The number of hydrogen-bond donors (Lipinski definition) is 1. The first kappa shape index (κ1) is 19.0. The maximum Gasteiger partial charge on any atom is 0.250 e. The molecule has 1 unspecified atom stereocenters. The van der Waals surface area contributed by atoms with Crippen molar-refractivity contribution in [1.82, 2.24) is 14.8 Å². The second-order valence-corrected chi connectivity index (χ2v) is 9.28. The Hall–Kier alpha value is -0.750. The third-order valence-corrected chi connectivity index (χ3v) is 5.58. The quantitative estimate of drug-likeness (QED) is 0.782. The van der Waals surface area contributed by atoms with E-state index >= 15 is 0 Å². The first-order chi connectivity index (χ1) is 11.8. The van der Waals surface area contributed by atoms with Gasteiger partial charge in [-0.3, -0.25) is 14.5 Å². The summed E-state index contributed by atoms with van der Waals surface area (Å²) in [6.45, 7) is 3.93. The van der Waals surface area contributed by atoms with Gasteiger partial charge in [0.05, 0.1) is 0 Å². The van der Waals surface area contributed by atoms with E-state index in [1.165, 1.54) is 0 Å². The number of fused-ring (bicyclic) bond motifs is 4. The molecule has 2 aliphatic rings. The SMILES string of the molecule is CCCC(=O)NC(N1C[C@@H]2C[C@H](C1)c1cccc(=O)n1C2)C(Cl)(Cl)Cl. The molecule has 3 rings (SSSR count). The van der Waals surface area contributed by atoms with Gasteiger partial charge >= 0.3 is 0 Å². The average molecular weight is 407 g/mol. The monoisotopic (exact) mass is 405 g/mol. The lowest BCUT2D eigenvalue weighted by molar-refractivity contribution is -0.123. The predicted octanol–water partition coefficient (Wildman–Crippen LogP) is 2.88. The molecule has 138 valence electrons. The van der Waals surface area contributed by atoms with Crippen molar-refractivity contribution in [1.29, 1.82) is 0 Å². The highest BCUT2D eigenvalue weighted by atomic mass is 35.6. The molecule has 0 spiro atoms. The Bertz CT molecular complexity index is 701. The number of rotatable bonds is 4. The van der Waals surface area contributed by atoms with Crippen LogP contribution in [0.15, 0.2) is 23.0 Å². The van der Waals surface area contributed by atoms with E-state index in [0.29, 0.717) is 32.0 Å². The number of nitrogens with zero attached hydrogens (tertiary/aromatic N) is 2. The van der Waals surface area contributed by atoms with Gasteiger partial charge in [-0.1, -0.05) is 47.8 Å². The number of carbonyl (C=O) groups excluding carboxylic acids is 1. The highest BCUT2D eigenvalue weighted by Crippen LogP contribution is 2.39. The predicted molar refractivity (Wildman–Crippen MR) is 100 cm³/mol. The standard InChI is InChI=1S/C17H22Cl3N3O2/c1-2-4-14(24)21-16(17(18,19)20)22-8-11-7-12(10-22)13-5-3-6-15(25)23(13)9-11/h3,5-6,11-12,16H,2,4,7-10H2,1H3,(H,21,24)/t11-,12+,16?/m0/s1. The number of aromatic nitrogens is 1. The van der Waals surface area contributed by atoms with E-state index in [2.05, 4.69) is 5.32 Å². The molecule has 1 N–H and O–H groups in total. The summed E-state index contributed by atoms with van der Waals surface area (Å²) in [5, 5.41) is 2.87. The lowest BCUT2D eigenvalue weighted by atomic mass is 9.83. The number of pyridine rings is 1. The normalized spacial score (nSPS) is 24.5. The molecule has 0 aliphatic carbocycles. The summed E-state index contributed by atoms with van der Waals surface area (Å²) in [5.41, 5.74) is 1.06. The maximum atomic E-state index is 12.1. The van der Waals surface area contributed by atoms with Crippen molar-refractivity contribution in [2.75, 3.05) is 13.1 Å². The number of hydrogen-bond acceptors (Lipinski definition) is 3. The van der Waals surface area contributed by atoms with E-state index < -0.39 is 9.96 Å². The van der Waals surface area contributed by atoms with Gasteiger partial charge < -0.3 is 9.88 Å². The molecule has 1 fully saturated rings. The second-order valence-electron chi connectivity index (χ2n) is 6.91. The molecule has 2 aliphatic heterocycles. The zero-order valence-electron chi connectivity index (χ0n) is 14.1. The molecule has 1 saturated heterocycles. The maximum absolute atomic E-state index is 12.1. The number of nitrogens with one attached hydrogen (secondary N) is 1. The Kier molecular flexibility index (Phi) is 5.69. The van der Waals surface area contributed by atoms with E-state index in [4.69, 9.17) is 34.8 Å².